The fourth-order valence-corrected chi connectivity index (χ4v) is 1.31. The Labute approximate surface area is 72.6 Å². The minimum absolute atomic E-state index is 0.0154. The molecule has 12 heavy (non-hydrogen) atoms. The summed E-state index contributed by atoms with van der Waals surface area (Å²) in [5, 5.41) is 2.45. The zero-order valence-electron chi connectivity index (χ0n) is 5.90. The fraction of sp³-hybridized carbons (Fsp3) is 0.143. The van der Waals surface area contributed by atoms with Crippen LogP contribution in [0.1, 0.15) is 5.56 Å². The number of aromatic nitrogens is 1. The number of nitrogens with one attached hydrogen (secondary N) is 1. The van der Waals surface area contributed by atoms with Crippen molar-refractivity contribution in [1.82, 2.24) is 4.98 Å². The second-order valence-corrected chi connectivity index (χ2v) is 2.85. The second-order valence-electron chi connectivity index (χ2n) is 2.47. The molecule has 1 aliphatic heterocycles. The van der Waals surface area contributed by atoms with E-state index in [-0.39, 0.29) is 17.4 Å². The number of hydrogen-bond acceptors (Lipinski definition) is 2. The predicted molar refractivity (Wildman–Crippen MR) is 41.5 cm³/mol. The van der Waals surface area contributed by atoms with Gasteiger partial charge in [0.1, 0.15) is 5.82 Å². The molecular weight excluding hydrogens is 183 g/mol. The van der Waals surface area contributed by atoms with E-state index in [9.17, 15) is 9.18 Å². The van der Waals surface area contributed by atoms with Gasteiger partial charge in [0.05, 0.1) is 17.6 Å². The van der Waals surface area contributed by atoms with Crippen LogP contribution in [0.15, 0.2) is 6.20 Å². The zero-order chi connectivity index (χ0) is 8.72. The second kappa shape index (κ2) is 2.42. The molecule has 1 aromatic heterocycles. The van der Waals surface area contributed by atoms with E-state index in [1.54, 1.807) is 0 Å². The van der Waals surface area contributed by atoms with Gasteiger partial charge in [-0.05, 0) is 0 Å². The molecule has 1 N–H and O–H groups in total. The first kappa shape index (κ1) is 7.49. The van der Waals surface area contributed by atoms with Crippen LogP contribution in [0.25, 0.3) is 0 Å². The summed E-state index contributed by atoms with van der Waals surface area (Å²) in [5.41, 5.74) is 0.446. The summed E-state index contributed by atoms with van der Waals surface area (Å²) in [5.74, 6) is -0.427. The highest BCUT2D eigenvalue weighted by Gasteiger charge is 2.23. The highest BCUT2D eigenvalue weighted by molar-refractivity contribution is 6.32. The molecule has 0 saturated carbocycles. The van der Waals surface area contributed by atoms with Crippen LogP contribution in [-0.2, 0) is 11.2 Å². The average molecular weight is 187 g/mol. The van der Waals surface area contributed by atoms with Crippen molar-refractivity contribution in [3.05, 3.63) is 22.6 Å². The molecule has 0 unspecified atom stereocenters. The molecular formula is C7H4ClFN2O. The lowest BCUT2D eigenvalue weighted by Crippen LogP contribution is -2.04. The Kier molecular flexibility index (Phi) is 1.51. The van der Waals surface area contributed by atoms with E-state index in [0.717, 1.165) is 6.20 Å². The van der Waals surface area contributed by atoms with E-state index in [0.29, 0.717) is 11.4 Å². The summed E-state index contributed by atoms with van der Waals surface area (Å²) in [6.45, 7) is 0. The molecule has 2 rings (SSSR count). The smallest absolute Gasteiger partial charge is 0.230 e. The largest absolute Gasteiger partial charge is 0.310 e. The maximum absolute atomic E-state index is 12.8. The Bertz CT molecular complexity index is 367. The van der Waals surface area contributed by atoms with Crippen molar-refractivity contribution >= 4 is 23.3 Å². The predicted octanol–water partition coefficient (Wildman–Crippen LogP) is 1.37. The standard InChI is InChI=1S/C7H4ClFN2O/c8-6-3-1-5(12)11-7(3)10-2-4(6)9/h2H,1H2,(H,10,11,12). The molecule has 0 radical (unpaired) electrons. The molecule has 0 aliphatic carbocycles. The number of halogens is 2. The van der Waals surface area contributed by atoms with E-state index < -0.39 is 5.82 Å². The molecule has 0 atom stereocenters. The molecule has 0 aromatic carbocycles. The summed E-state index contributed by atoms with van der Waals surface area (Å²) >= 11 is 5.60. The quantitative estimate of drug-likeness (QED) is 0.665. The number of anilines is 1. The van der Waals surface area contributed by atoms with Gasteiger partial charge in [-0.2, -0.15) is 0 Å². The first-order valence-corrected chi connectivity index (χ1v) is 3.69. The molecule has 3 nitrogen and oxygen atoms in total. The SMILES string of the molecule is O=C1Cc2c(ncc(F)c2Cl)N1. The van der Waals surface area contributed by atoms with Gasteiger partial charge in [0.2, 0.25) is 5.91 Å². The van der Waals surface area contributed by atoms with Gasteiger partial charge in [0.15, 0.2) is 5.82 Å². The highest BCUT2D eigenvalue weighted by atomic mass is 35.5. The summed E-state index contributed by atoms with van der Waals surface area (Å²) in [4.78, 5) is 14.5. The first-order chi connectivity index (χ1) is 5.68. The third-order valence-electron chi connectivity index (χ3n) is 1.66. The lowest BCUT2D eigenvalue weighted by atomic mass is 10.2. The van der Waals surface area contributed by atoms with Gasteiger partial charge in [-0.25, -0.2) is 9.37 Å². The van der Waals surface area contributed by atoms with Crippen LogP contribution >= 0.6 is 11.6 Å². The number of rotatable bonds is 0. The Morgan fingerprint density at radius 2 is 2.42 bits per heavy atom. The number of amides is 1. The molecule has 0 fully saturated rings. The maximum atomic E-state index is 12.8. The van der Waals surface area contributed by atoms with E-state index in [2.05, 4.69) is 10.3 Å². The van der Waals surface area contributed by atoms with Crippen molar-refractivity contribution in [2.75, 3.05) is 5.32 Å². The van der Waals surface area contributed by atoms with Gasteiger partial charge >= 0.3 is 0 Å². The van der Waals surface area contributed by atoms with Crippen molar-refractivity contribution in [2.45, 2.75) is 6.42 Å². The van der Waals surface area contributed by atoms with Gasteiger partial charge in [-0.3, -0.25) is 4.79 Å². The molecule has 2 heterocycles. The third-order valence-corrected chi connectivity index (χ3v) is 2.07. The number of carbonyl (C=O) groups is 1. The van der Waals surface area contributed by atoms with Crippen molar-refractivity contribution in [3.8, 4) is 0 Å². The topological polar surface area (TPSA) is 42.0 Å². The van der Waals surface area contributed by atoms with Crippen LogP contribution in [0, 0.1) is 5.82 Å². The number of carbonyl (C=O) groups excluding carboxylic acids is 1. The fourth-order valence-electron chi connectivity index (χ4n) is 1.11. The third kappa shape index (κ3) is 0.956. The summed E-state index contributed by atoms with van der Waals surface area (Å²) in [6.07, 6.45) is 1.10. The molecule has 1 aliphatic rings. The van der Waals surface area contributed by atoms with Crippen molar-refractivity contribution in [2.24, 2.45) is 0 Å². The minimum atomic E-state index is -0.591. The summed E-state index contributed by atoms with van der Waals surface area (Å²) < 4.78 is 12.8. The molecule has 5 heteroatoms. The molecule has 1 amide bonds. The maximum Gasteiger partial charge on any atom is 0.230 e. The molecule has 62 valence electrons. The molecule has 1 aromatic rings. The van der Waals surface area contributed by atoms with Gasteiger partial charge < -0.3 is 5.32 Å². The molecule has 0 spiro atoms. The number of nitrogens with zero attached hydrogens (tertiary/aromatic N) is 1. The van der Waals surface area contributed by atoms with E-state index >= 15 is 0 Å². The van der Waals surface area contributed by atoms with Crippen LogP contribution in [0.3, 0.4) is 0 Å². The van der Waals surface area contributed by atoms with E-state index in [1.807, 2.05) is 0 Å². The average Bonchev–Trinajstić information content (AvgIpc) is 2.39. The van der Waals surface area contributed by atoms with E-state index in [1.165, 1.54) is 0 Å². The Morgan fingerprint density at radius 1 is 1.67 bits per heavy atom. The van der Waals surface area contributed by atoms with E-state index in [4.69, 9.17) is 11.6 Å². The Hall–Kier alpha value is -1.16. The normalized spacial score (nSPS) is 14.3. The Balaban J connectivity index is 2.61. The van der Waals surface area contributed by atoms with Gasteiger partial charge in [-0.1, -0.05) is 11.6 Å². The number of fused-ring (bicyclic) bond motifs is 1. The van der Waals surface area contributed by atoms with Crippen molar-refractivity contribution in [3.63, 3.8) is 0 Å². The minimum Gasteiger partial charge on any atom is -0.310 e. The highest BCUT2D eigenvalue weighted by Crippen LogP contribution is 2.29. The van der Waals surface area contributed by atoms with Gasteiger partial charge in [0.25, 0.3) is 0 Å². The van der Waals surface area contributed by atoms with Crippen molar-refractivity contribution in [1.29, 1.82) is 0 Å². The van der Waals surface area contributed by atoms with Crippen LogP contribution in [0.5, 0.6) is 0 Å². The summed E-state index contributed by atoms with van der Waals surface area (Å²) in [7, 11) is 0. The lowest BCUT2D eigenvalue weighted by Gasteiger charge is -1.98. The first-order valence-electron chi connectivity index (χ1n) is 3.31. The van der Waals surface area contributed by atoms with Crippen LogP contribution in [0.4, 0.5) is 10.2 Å². The lowest BCUT2D eigenvalue weighted by molar-refractivity contribution is -0.115. The number of pyridine rings is 1. The molecule has 0 saturated heterocycles. The zero-order valence-corrected chi connectivity index (χ0v) is 6.65. The van der Waals surface area contributed by atoms with Crippen LogP contribution in [0.2, 0.25) is 5.02 Å². The summed E-state index contributed by atoms with van der Waals surface area (Å²) in [6, 6.07) is 0. The monoisotopic (exact) mass is 186 g/mol. The van der Waals surface area contributed by atoms with Crippen LogP contribution < -0.4 is 5.32 Å². The molecule has 0 bridgehead atoms. The number of hydrogen-bond donors (Lipinski definition) is 1. The Morgan fingerprint density at radius 3 is 3.17 bits per heavy atom. The van der Waals surface area contributed by atoms with Gasteiger partial charge in [0, 0.05) is 5.56 Å². The van der Waals surface area contributed by atoms with Gasteiger partial charge in [-0.15, -0.1) is 0 Å². The van der Waals surface area contributed by atoms with Crippen LogP contribution in [-0.4, -0.2) is 10.9 Å². The van der Waals surface area contributed by atoms with Crippen molar-refractivity contribution < 1.29 is 9.18 Å².